The molecule has 0 spiro atoms. The van der Waals surface area contributed by atoms with Crippen molar-refractivity contribution in [2.45, 2.75) is 52.0 Å². The van der Waals surface area contributed by atoms with Crippen LogP contribution in [0.4, 0.5) is 0 Å². The molecule has 0 aromatic heterocycles. The van der Waals surface area contributed by atoms with Gasteiger partial charge in [0.2, 0.25) is 0 Å². The van der Waals surface area contributed by atoms with Gasteiger partial charge in [-0.15, -0.1) is 0 Å². The maximum Gasteiger partial charge on any atom is 0.00722 e. The number of rotatable bonds is 3. The summed E-state index contributed by atoms with van der Waals surface area (Å²) in [5.74, 6) is 2.73. The Morgan fingerprint density at radius 3 is 2.47 bits per heavy atom. The van der Waals surface area contributed by atoms with Gasteiger partial charge in [-0.25, -0.2) is 0 Å². The summed E-state index contributed by atoms with van der Waals surface area (Å²) in [5, 5.41) is 3.85. The minimum atomic E-state index is 0.793. The summed E-state index contributed by atoms with van der Waals surface area (Å²) in [7, 11) is 2.26. The monoisotopic (exact) mass is 238 g/mol. The second kappa shape index (κ2) is 6.19. The van der Waals surface area contributed by atoms with E-state index < -0.39 is 0 Å². The number of piperidine rings is 1. The Balaban J connectivity index is 1.70. The van der Waals surface area contributed by atoms with E-state index in [4.69, 9.17) is 0 Å². The Morgan fingerprint density at radius 1 is 1.12 bits per heavy atom. The fraction of sp³-hybridized carbons (Fsp3) is 1.00. The lowest BCUT2D eigenvalue weighted by Crippen LogP contribution is -2.42. The zero-order valence-electron chi connectivity index (χ0n) is 11.9. The molecule has 1 saturated heterocycles. The van der Waals surface area contributed by atoms with Crippen molar-refractivity contribution in [3.8, 4) is 0 Å². The first-order chi connectivity index (χ1) is 8.13. The minimum Gasteiger partial charge on any atom is -0.314 e. The fourth-order valence-electron chi connectivity index (χ4n) is 3.89. The van der Waals surface area contributed by atoms with Crippen LogP contribution in [0.2, 0.25) is 0 Å². The summed E-state index contributed by atoms with van der Waals surface area (Å²) in [6.07, 6.45) is 7.04. The first kappa shape index (κ1) is 13.4. The van der Waals surface area contributed by atoms with Crippen molar-refractivity contribution in [2.75, 3.05) is 26.7 Å². The quantitative estimate of drug-likeness (QED) is 0.813. The lowest BCUT2D eigenvalue weighted by Gasteiger charge is -2.35. The molecule has 3 atom stereocenters. The van der Waals surface area contributed by atoms with Crippen molar-refractivity contribution < 1.29 is 0 Å². The molecule has 1 saturated carbocycles. The standard InChI is InChI=1S/C15H30N2/c1-12-7-13(2)9-15(8-12)16-10-14-5-4-6-17(3)11-14/h12-16H,4-11H2,1-3H3. The largest absolute Gasteiger partial charge is 0.314 e. The van der Waals surface area contributed by atoms with Gasteiger partial charge in [0.1, 0.15) is 0 Å². The molecule has 2 fully saturated rings. The smallest absolute Gasteiger partial charge is 0.00722 e. The molecule has 2 nitrogen and oxygen atoms in total. The van der Waals surface area contributed by atoms with E-state index in [1.54, 1.807) is 0 Å². The summed E-state index contributed by atoms with van der Waals surface area (Å²) in [4.78, 5) is 2.49. The first-order valence-corrected chi connectivity index (χ1v) is 7.55. The van der Waals surface area contributed by atoms with E-state index >= 15 is 0 Å². The predicted molar refractivity (Wildman–Crippen MR) is 74.2 cm³/mol. The normalized spacial score (nSPS) is 40.4. The Kier molecular flexibility index (Phi) is 4.87. The molecule has 100 valence electrons. The van der Waals surface area contributed by atoms with E-state index in [9.17, 15) is 0 Å². The highest BCUT2D eigenvalue weighted by atomic mass is 15.1. The molecule has 2 aliphatic rings. The van der Waals surface area contributed by atoms with Crippen LogP contribution in [-0.2, 0) is 0 Å². The van der Waals surface area contributed by atoms with E-state index in [0.29, 0.717) is 0 Å². The van der Waals surface area contributed by atoms with E-state index in [1.807, 2.05) is 0 Å². The first-order valence-electron chi connectivity index (χ1n) is 7.55. The van der Waals surface area contributed by atoms with Crippen molar-refractivity contribution >= 4 is 0 Å². The zero-order chi connectivity index (χ0) is 12.3. The highest BCUT2D eigenvalue weighted by Crippen LogP contribution is 2.28. The third-order valence-corrected chi connectivity index (χ3v) is 4.60. The molecule has 0 aromatic carbocycles. The van der Waals surface area contributed by atoms with Crippen molar-refractivity contribution in [1.29, 1.82) is 0 Å². The minimum absolute atomic E-state index is 0.793. The SMILES string of the molecule is CC1CC(C)CC(NCC2CCCN(C)C2)C1. The Labute approximate surface area is 107 Å². The molecule has 3 unspecified atom stereocenters. The predicted octanol–water partition coefficient (Wildman–Crippen LogP) is 2.74. The molecule has 2 rings (SSSR count). The number of likely N-dealkylation sites (tertiary alicyclic amines) is 1. The number of nitrogens with zero attached hydrogens (tertiary/aromatic N) is 1. The van der Waals surface area contributed by atoms with Gasteiger partial charge in [0.05, 0.1) is 0 Å². The van der Waals surface area contributed by atoms with Crippen LogP contribution in [0, 0.1) is 17.8 Å². The second-order valence-corrected chi connectivity index (χ2v) is 6.79. The molecule has 17 heavy (non-hydrogen) atoms. The molecular formula is C15H30N2. The highest BCUT2D eigenvalue weighted by Gasteiger charge is 2.25. The third-order valence-electron chi connectivity index (χ3n) is 4.60. The van der Waals surface area contributed by atoms with Crippen molar-refractivity contribution in [2.24, 2.45) is 17.8 Å². The van der Waals surface area contributed by atoms with Gasteiger partial charge in [0.25, 0.3) is 0 Å². The zero-order valence-corrected chi connectivity index (χ0v) is 11.9. The van der Waals surface area contributed by atoms with Crippen molar-refractivity contribution in [3.05, 3.63) is 0 Å². The maximum absolute atomic E-state index is 3.85. The number of hydrogen-bond donors (Lipinski definition) is 1. The van der Waals surface area contributed by atoms with Crippen LogP contribution in [0.1, 0.15) is 46.0 Å². The fourth-order valence-corrected chi connectivity index (χ4v) is 3.89. The molecule has 0 aromatic rings. The van der Waals surface area contributed by atoms with Gasteiger partial charge >= 0.3 is 0 Å². The van der Waals surface area contributed by atoms with Gasteiger partial charge in [0, 0.05) is 12.6 Å². The Hall–Kier alpha value is -0.0800. The van der Waals surface area contributed by atoms with Gasteiger partial charge < -0.3 is 10.2 Å². The van der Waals surface area contributed by atoms with E-state index in [-0.39, 0.29) is 0 Å². The summed E-state index contributed by atoms with van der Waals surface area (Å²) in [6, 6.07) is 0.793. The van der Waals surface area contributed by atoms with E-state index in [1.165, 1.54) is 51.7 Å². The molecule has 1 aliphatic heterocycles. The van der Waals surface area contributed by atoms with Crippen LogP contribution in [0.15, 0.2) is 0 Å². The molecule has 1 aliphatic carbocycles. The van der Waals surface area contributed by atoms with Gasteiger partial charge in [-0.2, -0.15) is 0 Å². The van der Waals surface area contributed by atoms with Gasteiger partial charge in [-0.05, 0) is 70.0 Å². The lowest BCUT2D eigenvalue weighted by molar-refractivity contribution is 0.185. The summed E-state index contributed by atoms with van der Waals surface area (Å²) in [5.41, 5.74) is 0. The average Bonchev–Trinajstić information content (AvgIpc) is 2.25. The topological polar surface area (TPSA) is 15.3 Å². The molecule has 1 N–H and O–H groups in total. The molecule has 1 heterocycles. The third kappa shape index (κ3) is 4.26. The summed E-state index contributed by atoms with van der Waals surface area (Å²) >= 11 is 0. The van der Waals surface area contributed by atoms with Crippen LogP contribution < -0.4 is 5.32 Å². The van der Waals surface area contributed by atoms with Crippen LogP contribution >= 0.6 is 0 Å². The van der Waals surface area contributed by atoms with Crippen LogP contribution in [0.3, 0.4) is 0 Å². The van der Waals surface area contributed by atoms with Crippen molar-refractivity contribution in [3.63, 3.8) is 0 Å². The second-order valence-electron chi connectivity index (χ2n) is 6.79. The molecule has 0 amide bonds. The van der Waals surface area contributed by atoms with Gasteiger partial charge in [-0.1, -0.05) is 13.8 Å². The molecule has 0 radical (unpaired) electrons. The highest BCUT2D eigenvalue weighted by molar-refractivity contribution is 4.81. The van der Waals surface area contributed by atoms with Gasteiger partial charge in [0.15, 0.2) is 0 Å². The van der Waals surface area contributed by atoms with Crippen LogP contribution in [0.5, 0.6) is 0 Å². The Morgan fingerprint density at radius 2 is 1.82 bits per heavy atom. The number of nitrogens with one attached hydrogen (secondary N) is 1. The van der Waals surface area contributed by atoms with E-state index in [0.717, 1.165) is 23.8 Å². The molecule has 2 heteroatoms. The average molecular weight is 238 g/mol. The van der Waals surface area contributed by atoms with E-state index in [2.05, 4.69) is 31.1 Å². The molecular weight excluding hydrogens is 208 g/mol. The van der Waals surface area contributed by atoms with Crippen LogP contribution in [0.25, 0.3) is 0 Å². The van der Waals surface area contributed by atoms with Crippen molar-refractivity contribution in [1.82, 2.24) is 10.2 Å². The maximum atomic E-state index is 3.85. The van der Waals surface area contributed by atoms with Gasteiger partial charge in [-0.3, -0.25) is 0 Å². The Bertz CT molecular complexity index is 219. The summed E-state index contributed by atoms with van der Waals surface area (Å²) in [6.45, 7) is 8.67. The number of hydrogen-bond acceptors (Lipinski definition) is 2. The van der Waals surface area contributed by atoms with Crippen LogP contribution in [-0.4, -0.2) is 37.6 Å². The summed E-state index contributed by atoms with van der Waals surface area (Å²) < 4.78 is 0. The lowest BCUT2D eigenvalue weighted by atomic mass is 9.80. The molecule has 0 bridgehead atoms.